The standard InChI is InChI=1S/C25H35NO5S/c1-4-19-5-7-21(8-6-19)26-32(28,29)25-10-9-24(23(16-27)22(25)15-18(2)3)31-17-20-11-13-30-14-12-20/h5-10,18,20,26-27H,4,11-17H2,1-3H3. The molecule has 0 aromatic heterocycles. The molecule has 1 fully saturated rings. The number of anilines is 1. The highest BCUT2D eigenvalue weighted by Crippen LogP contribution is 2.32. The van der Waals surface area contributed by atoms with Crippen molar-refractivity contribution in [2.24, 2.45) is 11.8 Å². The van der Waals surface area contributed by atoms with Gasteiger partial charge in [-0.3, -0.25) is 4.72 Å². The molecule has 0 atom stereocenters. The quantitative estimate of drug-likeness (QED) is 0.542. The van der Waals surface area contributed by atoms with Gasteiger partial charge in [-0.25, -0.2) is 8.42 Å². The van der Waals surface area contributed by atoms with Gasteiger partial charge < -0.3 is 14.6 Å². The number of nitrogens with one attached hydrogen (secondary N) is 1. The van der Waals surface area contributed by atoms with E-state index in [1.165, 1.54) is 0 Å². The van der Waals surface area contributed by atoms with Crippen LogP contribution in [0.15, 0.2) is 41.3 Å². The van der Waals surface area contributed by atoms with Crippen molar-refractivity contribution in [3.63, 3.8) is 0 Å². The molecule has 2 aromatic carbocycles. The lowest BCUT2D eigenvalue weighted by atomic mass is 9.97. The zero-order valence-corrected chi connectivity index (χ0v) is 20.1. The number of rotatable bonds is 10. The van der Waals surface area contributed by atoms with Gasteiger partial charge in [0.1, 0.15) is 5.75 Å². The van der Waals surface area contributed by atoms with Crippen molar-refractivity contribution in [3.05, 3.63) is 53.1 Å². The lowest BCUT2D eigenvalue weighted by Crippen LogP contribution is -2.22. The maximum Gasteiger partial charge on any atom is 0.262 e. The predicted molar refractivity (Wildman–Crippen MR) is 127 cm³/mol. The molecule has 0 saturated carbocycles. The topological polar surface area (TPSA) is 84.9 Å². The van der Waals surface area contributed by atoms with Gasteiger partial charge in [-0.05, 0) is 72.9 Å². The van der Waals surface area contributed by atoms with Crippen LogP contribution >= 0.6 is 0 Å². The highest BCUT2D eigenvalue weighted by atomic mass is 32.2. The number of aryl methyl sites for hydroxylation is 1. The highest BCUT2D eigenvalue weighted by molar-refractivity contribution is 7.92. The molecule has 2 aromatic rings. The number of benzene rings is 2. The Morgan fingerprint density at radius 1 is 1.09 bits per heavy atom. The molecule has 0 spiro atoms. The molecule has 0 amide bonds. The van der Waals surface area contributed by atoms with Gasteiger partial charge in [0.2, 0.25) is 0 Å². The number of hydrogen-bond donors (Lipinski definition) is 2. The molecule has 176 valence electrons. The van der Waals surface area contributed by atoms with Crippen LogP contribution in [0.4, 0.5) is 5.69 Å². The van der Waals surface area contributed by atoms with E-state index in [9.17, 15) is 13.5 Å². The van der Waals surface area contributed by atoms with Crippen LogP contribution in [-0.2, 0) is 34.2 Å². The second-order valence-corrected chi connectivity index (χ2v) is 10.4. The van der Waals surface area contributed by atoms with Crippen molar-refractivity contribution in [3.8, 4) is 5.75 Å². The fourth-order valence-corrected chi connectivity index (χ4v) is 5.32. The average molecular weight is 462 g/mol. The van der Waals surface area contributed by atoms with E-state index in [0.717, 1.165) is 38.0 Å². The smallest absolute Gasteiger partial charge is 0.262 e. The van der Waals surface area contributed by atoms with E-state index in [-0.39, 0.29) is 17.4 Å². The molecule has 2 N–H and O–H groups in total. The number of aliphatic hydroxyl groups excluding tert-OH is 1. The summed E-state index contributed by atoms with van der Waals surface area (Å²) in [5.41, 5.74) is 2.82. The van der Waals surface area contributed by atoms with Crippen LogP contribution in [0, 0.1) is 11.8 Å². The number of aliphatic hydroxyl groups is 1. The first-order chi connectivity index (χ1) is 15.3. The minimum absolute atomic E-state index is 0.188. The number of sulfonamides is 1. The molecule has 6 nitrogen and oxygen atoms in total. The van der Waals surface area contributed by atoms with E-state index in [0.29, 0.717) is 41.5 Å². The van der Waals surface area contributed by atoms with Gasteiger partial charge in [0.05, 0.1) is 18.1 Å². The predicted octanol–water partition coefficient (Wildman–Crippen LogP) is 4.55. The Labute approximate surface area is 192 Å². The fraction of sp³-hybridized carbons (Fsp3) is 0.520. The summed E-state index contributed by atoms with van der Waals surface area (Å²) in [6.45, 7) is 7.85. The monoisotopic (exact) mass is 461 g/mol. The second kappa shape index (κ2) is 11.2. The zero-order chi connectivity index (χ0) is 23.1. The first-order valence-corrected chi connectivity index (χ1v) is 12.9. The molecule has 32 heavy (non-hydrogen) atoms. The Kier molecular flexibility index (Phi) is 8.57. The van der Waals surface area contributed by atoms with Crippen molar-refractivity contribution in [1.82, 2.24) is 0 Å². The first-order valence-electron chi connectivity index (χ1n) is 11.4. The van der Waals surface area contributed by atoms with Gasteiger partial charge in [0, 0.05) is 24.5 Å². The summed E-state index contributed by atoms with van der Waals surface area (Å²) in [7, 11) is -3.83. The van der Waals surface area contributed by atoms with Crippen molar-refractivity contribution >= 4 is 15.7 Å². The van der Waals surface area contributed by atoms with Gasteiger partial charge in [0.15, 0.2) is 0 Å². The summed E-state index contributed by atoms with van der Waals surface area (Å²) >= 11 is 0. The summed E-state index contributed by atoms with van der Waals surface area (Å²) in [4.78, 5) is 0.188. The van der Waals surface area contributed by atoms with Crippen molar-refractivity contribution in [2.45, 2.75) is 58.0 Å². The maximum atomic E-state index is 13.3. The Morgan fingerprint density at radius 2 is 1.78 bits per heavy atom. The van der Waals surface area contributed by atoms with E-state index in [1.807, 2.05) is 26.0 Å². The van der Waals surface area contributed by atoms with E-state index in [1.54, 1.807) is 24.3 Å². The van der Waals surface area contributed by atoms with Crippen LogP contribution in [0.2, 0.25) is 0 Å². The third-order valence-electron chi connectivity index (χ3n) is 5.84. The molecular weight excluding hydrogens is 426 g/mol. The summed E-state index contributed by atoms with van der Waals surface area (Å²) < 4.78 is 40.8. The third kappa shape index (κ3) is 6.24. The SMILES string of the molecule is CCc1ccc(NS(=O)(=O)c2ccc(OCC3CCOCC3)c(CO)c2CC(C)C)cc1. The van der Waals surface area contributed by atoms with Gasteiger partial charge >= 0.3 is 0 Å². The lowest BCUT2D eigenvalue weighted by Gasteiger charge is -2.24. The molecule has 1 heterocycles. The molecule has 1 aliphatic rings. The summed E-state index contributed by atoms with van der Waals surface area (Å²) in [5, 5.41) is 10.2. The molecule has 0 radical (unpaired) electrons. The van der Waals surface area contributed by atoms with E-state index in [4.69, 9.17) is 9.47 Å². The Hall–Kier alpha value is -2.09. The molecule has 0 aliphatic carbocycles. The van der Waals surface area contributed by atoms with Crippen LogP contribution in [0.1, 0.15) is 50.3 Å². The van der Waals surface area contributed by atoms with Gasteiger partial charge in [-0.1, -0.05) is 32.9 Å². The lowest BCUT2D eigenvalue weighted by molar-refractivity contribution is 0.0493. The molecule has 3 rings (SSSR count). The van der Waals surface area contributed by atoms with Gasteiger partial charge in [-0.2, -0.15) is 0 Å². The van der Waals surface area contributed by atoms with E-state index < -0.39 is 10.0 Å². The highest BCUT2D eigenvalue weighted by Gasteiger charge is 2.25. The van der Waals surface area contributed by atoms with Crippen LogP contribution < -0.4 is 9.46 Å². The third-order valence-corrected chi connectivity index (χ3v) is 7.30. The van der Waals surface area contributed by atoms with Crippen molar-refractivity contribution in [2.75, 3.05) is 24.5 Å². The number of ether oxygens (including phenoxy) is 2. The van der Waals surface area contributed by atoms with Crippen LogP contribution in [0.3, 0.4) is 0 Å². The largest absolute Gasteiger partial charge is 0.493 e. The zero-order valence-electron chi connectivity index (χ0n) is 19.3. The maximum absolute atomic E-state index is 13.3. The van der Waals surface area contributed by atoms with Crippen molar-refractivity contribution < 1.29 is 23.0 Å². The Morgan fingerprint density at radius 3 is 2.38 bits per heavy atom. The molecule has 1 aliphatic heterocycles. The Balaban J connectivity index is 1.90. The summed E-state index contributed by atoms with van der Waals surface area (Å²) in [5.74, 6) is 1.17. The molecule has 0 unspecified atom stereocenters. The molecule has 7 heteroatoms. The van der Waals surface area contributed by atoms with Crippen LogP contribution in [0.25, 0.3) is 0 Å². The minimum atomic E-state index is -3.83. The average Bonchev–Trinajstić information content (AvgIpc) is 2.78. The van der Waals surface area contributed by atoms with Crippen LogP contribution in [0.5, 0.6) is 5.75 Å². The van der Waals surface area contributed by atoms with E-state index in [2.05, 4.69) is 11.6 Å². The van der Waals surface area contributed by atoms with Crippen LogP contribution in [-0.4, -0.2) is 33.3 Å². The normalized spacial score (nSPS) is 15.2. The summed E-state index contributed by atoms with van der Waals surface area (Å²) in [6.07, 6.45) is 3.30. The minimum Gasteiger partial charge on any atom is -0.493 e. The first kappa shape index (κ1) is 24.6. The second-order valence-electron chi connectivity index (χ2n) is 8.80. The van der Waals surface area contributed by atoms with Gasteiger partial charge in [0.25, 0.3) is 10.0 Å². The molecular formula is C25H35NO5S. The number of hydrogen-bond acceptors (Lipinski definition) is 5. The molecule has 0 bridgehead atoms. The summed E-state index contributed by atoms with van der Waals surface area (Å²) in [6, 6.07) is 10.6. The molecule has 1 saturated heterocycles. The van der Waals surface area contributed by atoms with Crippen molar-refractivity contribution in [1.29, 1.82) is 0 Å². The Bertz CT molecular complexity index is 980. The van der Waals surface area contributed by atoms with Gasteiger partial charge in [-0.15, -0.1) is 0 Å². The van der Waals surface area contributed by atoms with E-state index >= 15 is 0 Å². The fourth-order valence-electron chi connectivity index (χ4n) is 3.98.